The van der Waals surface area contributed by atoms with Crippen LogP contribution in [0.15, 0.2) is 40.5 Å². The van der Waals surface area contributed by atoms with Crippen LogP contribution in [-0.2, 0) is 11.3 Å². The van der Waals surface area contributed by atoms with Crippen molar-refractivity contribution >= 4 is 27.5 Å². The first-order chi connectivity index (χ1) is 12.6. The Morgan fingerprint density at radius 3 is 2.92 bits per heavy atom. The molecule has 134 valence electrons. The molecule has 3 aromatic rings. The van der Waals surface area contributed by atoms with Crippen LogP contribution in [-0.4, -0.2) is 29.0 Å². The van der Waals surface area contributed by atoms with Gasteiger partial charge in [-0.3, -0.25) is 9.59 Å². The standard InChI is InChI=1S/C19H20N4O2S/c20-17(24)13-7-4-8-23(9-13)10-15-21-18(25)16-14(11-26-19(16)22-15)12-5-2-1-3-6-12/h1-3,5-6,11,13H,4,7-10H2,(H2,20,24)(H,21,22,25)/p+1/t13-/m0/s1. The molecular weight excluding hydrogens is 348 g/mol. The third-order valence-electron chi connectivity index (χ3n) is 5.02. The van der Waals surface area contributed by atoms with Crippen LogP contribution in [0.1, 0.15) is 18.7 Å². The van der Waals surface area contributed by atoms with E-state index in [4.69, 9.17) is 5.73 Å². The largest absolute Gasteiger partial charge is 0.369 e. The minimum atomic E-state index is -0.232. The molecule has 6 nitrogen and oxygen atoms in total. The van der Waals surface area contributed by atoms with E-state index in [1.807, 2.05) is 35.7 Å². The van der Waals surface area contributed by atoms with Crippen LogP contribution in [0, 0.1) is 5.92 Å². The fourth-order valence-electron chi connectivity index (χ4n) is 3.70. The van der Waals surface area contributed by atoms with Gasteiger partial charge < -0.3 is 15.6 Å². The third kappa shape index (κ3) is 3.27. The molecule has 0 saturated carbocycles. The van der Waals surface area contributed by atoms with E-state index in [9.17, 15) is 9.59 Å². The number of nitrogens with two attached hydrogens (primary N) is 1. The van der Waals surface area contributed by atoms with Gasteiger partial charge in [-0.15, -0.1) is 11.3 Å². The summed E-state index contributed by atoms with van der Waals surface area (Å²) in [5.74, 6) is 0.356. The SMILES string of the molecule is NC(=O)[C@H]1CCC[NH+](Cc2nc3scc(-c4ccccc4)c3c(=O)[nH]2)C1. The second-order valence-electron chi connectivity index (χ2n) is 6.83. The van der Waals surface area contributed by atoms with Crippen molar-refractivity contribution in [2.75, 3.05) is 13.1 Å². The lowest BCUT2D eigenvalue weighted by atomic mass is 9.97. The number of aromatic nitrogens is 2. The summed E-state index contributed by atoms with van der Waals surface area (Å²) < 4.78 is 0. The van der Waals surface area contributed by atoms with E-state index in [2.05, 4.69) is 9.97 Å². The molecule has 4 rings (SSSR count). The molecular formula is C19H21N4O2S+. The minimum absolute atomic E-state index is 0.0828. The summed E-state index contributed by atoms with van der Waals surface area (Å²) in [4.78, 5) is 33.8. The van der Waals surface area contributed by atoms with E-state index >= 15 is 0 Å². The predicted molar refractivity (Wildman–Crippen MR) is 102 cm³/mol. The molecule has 1 aliphatic rings. The van der Waals surface area contributed by atoms with Gasteiger partial charge in [0.05, 0.1) is 24.4 Å². The van der Waals surface area contributed by atoms with E-state index in [1.165, 1.54) is 16.2 Å². The molecule has 0 radical (unpaired) electrons. The molecule has 0 spiro atoms. The zero-order valence-corrected chi connectivity index (χ0v) is 15.1. The van der Waals surface area contributed by atoms with Crippen LogP contribution in [0.4, 0.5) is 0 Å². The number of carbonyl (C=O) groups excluding carboxylic acids is 1. The van der Waals surface area contributed by atoms with Crippen molar-refractivity contribution in [1.29, 1.82) is 0 Å². The number of benzene rings is 1. The van der Waals surface area contributed by atoms with Crippen LogP contribution in [0.5, 0.6) is 0 Å². The number of piperidine rings is 1. The highest BCUT2D eigenvalue weighted by Gasteiger charge is 2.27. The Morgan fingerprint density at radius 1 is 1.35 bits per heavy atom. The zero-order valence-electron chi connectivity index (χ0n) is 14.3. The Balaban J connectivity index is 1.62. The number of thiophene rings is 1. The van der Waals surface area contributed by atoms with E-state index in [0.29, 0.717) is 24.3 Å². The summed E-state index contributed by atoms with van der Waals surface area (Å²) in [6.07, 6.45) is 1.82. The summed E-state index contributed by atoms with van der Waals surface area (Å²) >= 11 is 1.49. The fourth-order valence-corrected chi connectivity index (χ4v) is 4.67. The summed E-state index contributed by atoms with van der Waals surface area (Å²) in [5, 5.41) is 2.64. The maximum absolute atomic E-state index is 12.7. The predicted octanol–water partition coefficient (Wildman–Crippen LogP) is 0.932. The summed E-state index contributed by atoms with van der Waals surface area (Å²) in [6, 6.07) is 9.88. The molecule has 3 heterocycles. The second-order valence-corrected chi connectivity index (χ2v) is 7.69. The zero-order chi connectivity index (χ0) is 18.1. The average molecular weight is 369 g/mol. The highest BCUT2D eigenvalue weighted by Crippen LogP contribution is 2.30. The lowest BCUT2D eigenvalue weighted by molar-refractivity contribution is -0.921. The van der Waals surface area contributed by atoms with Gasteiger partial charge >= 0.3 is 0 Å². The molecule has 1 fully saturated rings. The quantitative estimate of drug-likeness (QED) is 0.639. The van der Waals surface area contributed by atoms with Crippen molar-refractivity contribution in [2.24, 2.45) is 11.7 Å². The van der Waals surface area contributed by atoms with Crippen LogP contribution < -0.4 is 16.2 Å². The number of nitrogens with zero attached hydrogens (tertiary/aromatic N) is 1. The summed E-state index contributed by atoms with van der Waals surface area (Å²) in [7, 11) is 0. The number of amides is 1. The maximum atomic E-state index is 12.7. The minimum Gasteiger partial charge on any atom is -0.369 e. The number of quaternary nitrogens is 1. The highest BCUT2D eigenvalue weighted by atomic mass is 32.1. The van der Waals surface area contributed by atoms with Crippen molar-refractivity contribution in [2.45, 2.75) is 19.4 Å². The summed E-state index contributed by atoms with van der Waals surface area (Å²) in [6.45, 7) is 2.27. The van der Waals surface area contributed by atoms with Gasteiger partial charge in [0.1, 0.15) is 11.4 Å². The van der Waals surface area contributed by atoms with Gasteiger partial charge in [0.15, 0.2) is 5.82 Å². The Kier molecular flexibility index (Phi) is 4.57. The number of carbonyl (C=O) groups is 1. The van der Waals surface area contributed by atoms with Crippen molar-refractivity contribution in [1.82, 2.24) is 9.97 Å². The van der Waals surface area contributed by atoms with Gasteiger partial charge in [0.2, 0.25) is 5.91 Å². The number of nitrogens with one attached hydrogen (secondary N) is 2. The van der Waals surface area contributed by atoms with E-state index in [1.54, 1.807) is 0 Å². The Morgan fingerprint density at radius 2 is 2.15 bits per heavy atom. The molecule has 0 aliphatic carbocycles. The fraction of sp³-hybridized carbons (Fsp3) is 0.316. The molecule has 0 bridgehead atoms. The van der Waals surface area contributed by atoms with Crippen LogP contribution >= 0.6 is 11.3 Å². The summed E-state index contributed by atoms with van der Waals surface area (Å²) in [5.41, 5.74) is 7.29. The molecule has 2 aromatic heterocycles. The number of H-pyrrole nitrogens is 1. The topological polar surface area (TPSA) is 93.3 Å². The maximum Gasteiger partial charge on any atom is 0.260 e. The normalized spacial score (nSPS) is 20.3. The van der Waals surface area contributed by atoms with Gasteiger partial charge in [0.25, 0.3) is 5.56 Å². The smallest absolute Gasteiger partial charge is 0.260 e. The molecule has 26 heavy (non-hydrogen) atoms. The molecule has 1 saturated heterocycles. The van der Waals surface area contributed by atoms with E-state index < -0.39 is 0 Å². The molecule has 1 aliphatic heterocycles. The van der Waals surface area contributed by atoms with Gasteiger partial charge in [-0.05, 0) is 18.4 Å². The van der Waals surface area contributed by atoms with Crippen LogP contribution in [0.25, 0.3) is 21.3 Å². The van der Waals surface area contributed by atoms with E-state index in [-0.39, 0.29) is 17.4 Å². The lowest BCUT2D eigenvalue weighted by Crippen LogP contribution is -3.12. The monoisotopic (exact) mass is 369 g/mol. The number of rotatable bonds is 4. The van der Waals surface area contributed by atoms with E-state index in [0.717, 1.165) is 35.3 Å². The molecule has 4 N–H and O–H groups in total. The molecule has 1 amide bonds. The molecule has 1 unspecified atom stereocenters. The Bertz CT molecular complexity index is 996. The second kappa shape index (κ2) is 7.01. The molecule has 1 aromatic carbocycles. The number of hydrogen-bond donors (Lipinski definition) is 3. The Hall–Kier alpha value is -2.51. The number of primary amides is 1. The van der Waals surface area contributed by atoms with Crippen molar-refractivity contribution in [3.63, 3.8) is 0 Å². The van der Waals surface area contributed by atoms with Gasteiger partial charge in [-0.1, -0.05) is 30.3 Å². The average Bonchev–Trinajstić information content (AvgIpc) is 3.07. The van der Waals surface area contributed by atoms with Crippen LogP contribution in [0.3, 0.4) is 0 Å². The Labute approximate surface area is 154 Å². The third-order valence-corrected chi connectivity index (χ3v) is 5.89. The molecule has 2 atom stereocenters. The first-order valence-corrected chi connectivity index (χ1v) is 9.68. The highest BCUT2D eigenvalue weighted by molar-refractivity contribution is 7.17. The number of aromatic amines is 1. The van der Waals surface area contributed by atoms with Crippen molar-refractivity contribution in [3.8, 4) is 11.1 Å². The van der Waals surface area contributed by atoms with Crippen LogP contribution in [0.2, 0.25) is 0 Å². The first kappa shape index (κ1) is 16.9. The number of hydrogen-bond acceptors (Lipinski definition) is 4. The van der Waals surface area contributed by atoms with Gasteiger partial charge in [-0.25, -0.2) is 4.98 Å². The van der Waals surface area contributed by atoms with Crippen molar-refractivity contribution < 1.29 is 9.69 Å². The van der Waals surface area contributed by atoms with Gasteiger partial charge in [0, 0.05) is 10.9 Å². The lowest BCUT2D eigenvalue weighted by Gasteiger charge is -2.27. The first-order valence-electron chi connectivity index (χ1n) is 8.80. The number of fused-ring (bicyclic) bond motifs is 1. The number of likely N-dealkylation sites (tertiary alicyclic amines) is 1. The molecule has 7 heteroatoms. The van der Waals surface area contributed by atoms with Gasteiger partial charge in [-0.2, -0.15) is 0 Å². The van der Waals surface area contributed by atoms with Crippen molar-refractivity contribution in [3.05, 3.63) is 51.9 Å².